The van der Waals surface area contributed by atoms with Crippen molar-refractivity contribution in [1.82, 2.24) is 31.2 Å². The van der Waals surface area contributed by atoms with E-state index in [2.05, 4.69) is 41.9 Å². The number of hydrogen-bond acceptors (Lipinski definition) is 10. The maximum atomic E-state index is 12.9. The van der Waals surface area contributed by atoms with Crippen molar-refractivity contribution in [2.75, 3.05) is 36.8 Å². The number of amides is 2. The van der Waals surface area contributed by atoms with E-state index in [1.807, 2.05) is 12.1 Å². The Morgan fingerprint density at radius 3 is 1.24 bits per heavy atom. The van der Waals surface area contributed by atoms with E-state index in [9.17, 15) is 29.8 Å². The molecule has 2 heterocycles. The molecule has 0 aliphatic rings. The van der Waals surface area contributed by atoms with Crippen molar-refractivity contribution in [1.29, 1.82) is 0 Å². The minimum absolute atomic E-state index is 0.0329. The van der Waals surface area contributed by atoms with Crippen molar-refractivity contribution in [3.8, 4) is 0 Å². The molecule has 18 heteroatoms. The Labute approximate surface area is 294 Å². The van der Waals surface area contributed by atoms with Crippen LogP contribution in [-0.4, -0.2) is 68.0 Å². The lowest BCUT2D eigenvalue weighted by molar-refractivity contribution is -0.385. The largest absolute Gasteiger partial charge is 0.361 e. The monoisotopic (exact) mass is 712 g/mol. The molecule has 254 valence electrons. The van der Waals surface area contributed by atoms with Crippen LogP contribution in [0, 0.1) is 20.2 Å². The van der Waals surface area contributed by atoms with Gasteiger partial charge >= 0.3 is 0 Å². The van der Waals surface area contributed by atoms with Crippen LogP contribution in [0.15, 0.2) is 84.9 Å². The van der Waals surface area contributed by atoms with Gasteiger partial charge in [-0.1, -0.05) is 24.3 Å². The third-order valence-corrected chi connectivity index (χ3v) is 7.54. The summed E-state index contributed by atoms with van der Waals surface area (Å²) >= 11 is 10.5. The van der Waals surface area contributed by atoms with E-state index in [0.717, 1.165) is 10.8 Å². The van der Waals surface area contributed by atoms with Crippen LogP contribution in [0.5, 0.6) is 0 Å². The molecule has 0 aliphatic heterocycles. The number of anilines is 2. The first-order valence-electron chi connectivity index (χ1n) is 14.9. The number of nitrogens with zero attached hydrogens (tertiary/aromatic N) is 4. The summed E-state index contributed by atoms with van der Waals surface area (Å²) in [5.41, 5.74) is 2.33. The lowest BCUT2D eigenvalue weighted by atomic mass is 10.1. The van der Waals surface area contributed by atoms with Crippen LogP contribution in [0.1, 0.15) is 21.0 Å². The summed E-state index contributed by atoms with van der Waals surface area (Å²) in [5, 5.41) is 41.0. The van der Waals surface area contributed by atoms with Gasteiger partial charge in [-0.05, 0) is 60.8 Å². The third-order valence-electron chi connectivity index (χ3n) is 7.05. The fourth-order valence-corrected chi connectivity index (χ4v) is 5.03. The number of benzene rings is 3. The highest BCUT2D eigenvalue weighted by molar-refractivity contribution is 7.80. The molecule has 6 N–H and O–H groups in total. The summed E-state index contributed by atoms with van der Waals surface area (Å²) in [5.74, 6) is -0.829. The van der Waals surface area contributed by atoms with E-state index in [4.69, 9.17) is 24.4 Å². The van der Waals surface area contributed by atoms with E-state index in [1.54, 1.807) is 24.3 Å². The molecule has 5 rings (SSSR count). The molecule has 0 fully saturated rings. The fourth-order valence-electron chi connectivity index (χ4n) is 4.59. The predicted octanol–water partition coefficient (Wildman–Crippen LogP) is 4.03. The second-order valence-corrected chi connectivity index (χ2v) is 11.3. The zero-order chi connectivity index (χ0) is 35.6. The normalized spacial score (nSPS) is 10.6. The first-order chi connectivity index (χ1) is 24.1. The number of nitro benzene ring substituents is 2. The number of nitrogens with one attached hydrogen (secondary N) is 6. The van der Waals surface area contributed by atoms with Crippen molar-refractivity contribution in [3.63, 3.8) is 0 Å². The van der Waals surface area contributed by atoms with Gasteiger partial charge in [-0.25, -0.2) is 9.97 Å². The van der Waals surface area contributed by atoms with Gasteiger partial charge in [0.1, 0.15) is 11.4 Å². The number of rotatable bonds is 12. The van der Waals surface area contributed by atoms with Gasteiger partial charge in [0, 0.05) is 72.6 Å². The molecule has 50 heavy (non-hydrogen) atoms. The van der Waals surface area contributed by atoms with Crippen molar-refractivity contribution in [2.45, 2.75) is 0 Å². The van der Waals surface area contributed by atoms with Crippen LogP contribution in [0.2, 0.25) is 0 Å². The number of carbonyl (C=O) groups is 2. The SMILES string of the molecule is O=C(NCCNC(=S)Nc1ccc([N+](=O)[O-])cc1)c1ccc2ccc3ccc(C(=O)NCCNC(=S)Nc4ccc([N+](=O)[O-])cc4)nc3c2n1. The van der Waals surface area contributed by atoms with Crippen molar-refractivity contribution in [3.05, 3.63) is 117 Å². The first kappa shape index (κ1) is 34.9. The molecule has 2 aromatic heterocycles. The summed E-state index contributed by atoms with van der Waals surface area (Å²) in [7, 11) is 0. The van der Waals surface area contributed by atoms with Crippen LogP contribution < -0.4 is 31.9 Å². The van der Waals surface area contributed by atoms with Gasteiger partial charge in [0.15, 0.2) is 10.2 Å². The molecular weight excluding hydrogens is 685 g/mol. The Hall–Kier alpha value is -6.40. The van der Waals surface area contributed by atoms with E-state index in [1.165, 1.54) is 48.5 Å². The Morgan fingerprint density at radius 1 is 0.540 bits per heavy atom. The molecule has 0 saturated carbocycles. The highest BCUT2D eigenvalue weighted by atomic mass is 32.1. The number of non-ortho nitro benzene ring substituents is 2. The summed E-state index contributed by atoms with van der Waals surface area (Å²) in [4.78, 5) is 55.6. The number of fused-ring (bicyclic) bond motifs is 3. The van der Waals surface area contributed by atoms with Gasteiger partial charge in [0.25, 0.3) is 23.2 Å². The predicted molar refractivity (Wildman–Crippen MR) is 196 cm³/mol. The number of pyridine rings is 2. The smallest absolute Gasteiger partial charge is 0.269 e. The highest BCUT2D eigenvalue weighted by Crippen LogP contribution is 2.23. The average Bonchev–Trinajstić information content (AvgIpc) is 3.11. The van der Waals surface area contributed by atoms with Crippen molar-refractivity contribution < 1.29 is 19.4 Å². The number of aromatic nitrogens is 2. The molecule has 0 saturated heterocycles. The molecular formula is C32H28N10O6S2. The highest BCUT2D eigenvalue weighted by Gasteiger charge is 2.14. The zero-order valence-electron chi connectivity index (χ0n) is 26.0. The van der Waals surface area contributed by atoms with Gasteiger partial charge < -0.3 is 31.9 Å². The van der Waals surface area contributed by atoms with Gasteiger partial charge in [0.05, 0.1) is 20.9 Å². The van der Waals surface area contributed by atoms with Crippen LogP contribution in [0.3, 0.4) is 0 Å². The fraction of sp³-hybridized carbons (Fsp3) is 0.125. The molecule has 5 aromatic rings. The van der Waals surface area contributed by atoms with Gasteiger partial charge in [-0.2, -0.15) is 0 Å². The maximum Gasteiger partial charge on any atom is 0.269 e. The van der Waals surface area contributed by atoms with Crippen molar-refractivity contribution in [2.24, 2.45) is 0 Å². The summed E-state index contributed by atoms with van der Waals surface area (Å²) in [6.45, 7) is 1.06. The molecule has 3 aromatic carbocycles. The topological polar surface area (TPSA) is 218 Å². The van der Waals surface area contributed by atoms with Crippen LogP contribution in [0.25, 0.3) is 21.8 Å². The summed E-state index contributed by atoms with van der Waals surface area (Å²) < 4.78 is 0. The maximum absolute atomic E-state index is 12.9. The molecule has 0 bridgehead atoms. The summed E-state index contributed by atoms with van der Waals surface area (Å²) in [6, 6.07) is 22.0. The van der Waals surface area contributed by atoms with Crippen LogP contribution >= 0.6 is 24.4 Å². The Morgan fingerprint density at radius 2 is 0.880 bits per heavy atom. The molecule has 0 radical (unpaired) electrons. The minimum atomic E-state index is -0.489. The minimum Gasteiger partial charge on any atom is -0.361 e. The summed E-state index contributed by atoms with van der Waals surface area (Å²) in [6.07, 6.45) is 0. The number of carbonyl (C=O) groups excluding carboxylic acids is 2. The van der Waals surface area contributed by atoms with Crippen molar-refractivity contribution >= 4 is 91.0 Å². The molecule has 2 amide bonds. The zero-order valence-corrected chi connectivity index (χ0v) is 27.6. The van der Waals surface area contributed by atoms with E-state index >= 15 is 0 Å². The molecule has 0 aliphatic carbocycles. The third kappa shape index (κ3) is 9.14. The quantitative estimate of drug-likeness (QED) is 0.0354. The second-order valence-electron chi connectivity index (χ2n) is 10.5. The van der Waals surface area contributed by atoms with E-state index in [0.29, 0.717) is 35.5 Å². The first-order valence-corrected chi connectivity index (χ1v) is 15.7. The number of hydrogen-bond donors (Lipinski definition) is 6. The number of nitro groups is 2. The Balaban J connectivity index is 1.12. The lowest BCUT2D eigenvalue weighted by Gasteiger charge is -2.12. The standard InChI is InChI=1S/C32H28N10O6S2/c43-29(33-15-17-35-31(49)37-21-5-9-23(10-6-21)41(45)46)25-13-3-19-1-2-20-4-14-26(40-28(20)27(19)39-25)30(44)34-16-18-36-32(50)38-22-7-11-24(12-8-22)42(47)48/h1-14H,15-18H2,(H,33,43)(H,34,44)(H2,35,37,49)(H2,36,38,50). The number of thiocarbonyl (C=S) groups is 2. The van der Waals surface area contributed by atoms with Gasteiger partial charge in [0.2, 0.25) is 0 Å². The molecule has 0 atom stereocenters. The van der Waals surface area contributed by atoms with Crippen LogP contribution in [-0.2, 0) is 0 Å². The second kappa shape index (κ2) is 16.1. The molecule has 16 nitrogen and oxygen atoms in total. The Bertz CT molecular complexity index is 1960. The van der Waals surface area contributed by atoms with Gasteiger partial charge in [-0.15, -0.1) is 0 Å². The Kier molecular flexibility index (Phi) is 11.3. The van der Waals surface area contributed by atoms with E-state index < -0.39 is 21.7 Å². The molecule has 0 unspecified atom stereocenters. The van der Waals surface area contributed by atoms with Crippen LogP contribution in [0.4, 0.5) is 22.7 Å². The molecule has 0 spiro atoms. The van der Waals surface area contributed by atoms with Gasteiger partial charge in [-0.3, -0.25) is 29.8 Å². The van der Waals surface area contributed by atoms with E-state index in [-0.39, 0.29) is 46.1 Å². The lowest BCUT2D eigenvalue weighted by Crippen LogP contribution is -2.37. The average molecular weight is 713 g/mol.